The van der Waals surface area contributed by atoms with Gasteiger partial charge in [-0.15, -0.1) is 0 Å². The van der Waals surface area contributed by atoms with Gasteiger partial charge in [0.2, 0.25) is 10.0 Å². The molecule has 1 fully saturated rings. The van der Waals surface area contributed by atoms with Gasteiger partial charge in [0.1, 0.15) is 0 Å². The molecule has 1 heterocycles. The van der Waals surface area contributed by atoms with Gasteiger partial charge in [-0.3, -0.25) is 0 Å². The minimum atomic E-state index is -3.67. The van der Waals surface area contributed by atoms with Crippen LogP contribution in [0.4, 0.5) is 0 Å². The molecular formula is C15H24N2O4S2. The molecule has 0 aliphatic carbocycles. The molecule has 0 aromatic heterocycles. The van der Waals surface area contributed by atoms with E-state index in [1.165, 1.54) is 28.6 Å². The Balaban J connectivity index is 2.36. The lowest BCUT2D eigenvalue weighted by molar-refractivity contribution is 0.227. The molecule has 2 N–H and O–H groups in total. The number of piperidine rings is 1. The van der Waals surface area contributed by atoms with Crippen molar-refractivity contribution in [2.24, 2.45) is 5.73 Å². The van der Waals surface area contributed by atoms with E-state index in [1.54, 1.807) is 6.92 Å². The van der Waals surface area contributed by atoms with Crippen molar-refractivity contribution >= 4 is 19.9 Å². The zero-order valence-corrected chi connectivity index (χ0v) is 15.1. The molecular weight excluding hydrogens is 336 g/mol. The molecule has 0 saturated carbocycles. The van der Waals surface area contributed by atoms with Crippen LogP contribution in [0.5, 0.6) is 0 Å². The third kappa shape index (κ3) is 3.76. The minimum absolute atomic E-state index is 0.0159. The average Bonchev–Trinajstić information content (AvgIpc) is 2.55. The Morgan fingerprint density at radius 1 is 1.13 bits per heavy atom. The van der Waals surface area contributed by atoms with E-state index in [4.69, 9.17) is 5.73 Å². The van der Waals surface area contributed by atoms with Crippen LogP contribution in [-0.2, 0) is 19.9 Å². The number of benzene rings is 1. The van der Waals surface area contributed by atoms with Crippen LogP contribution < -0.4 is 5.73 Å². The van der Waals surface area contributed by atoms with Gasteiger partial charge >= 0.3 is 0 Å². The summed E-state index contributed by atoms with van der Waals surface area (Å²) in [6.45, 7) is 3.82. The maximum atomic E-state index is 12.9. The molecule has 2 rings (SSSR count). The van der Waals surface area contributed by atoms with Crippen LogP contribution in [0.1, 0.15) is 33.1 Å². The van der Waals surface area contributed by atoms with Crippen LogP contribution in [0.2, 0.25) is 0 Å². The fourth-order valence-corrected chi connectivity index (χ4v) is 5.53. The van der Waals surface area contributed by atoms with E-state index in [0.717, 1.165) is 19.3 Å². The van der Waals surface area contributed by atoms with Crippen LogP contribution in [0.3, 0.4) is 0 Å². The largest absolute Gasteiger partial charge is 0.326 e. The number of hydrogen-bond acceptors (Lipinski definition) is 5. The third-order valence-electron chi connectivity index (χ3n) is 4.27. The van der Waals surface area contributed by atoms with E-state index in [0.29, 0.717) is 6.54 Å². The smallest absolute Gasteiger partial charge is 0.243 e. The Bertz CT molecular complexity index is 740. The molecule has 0 radical (unpaired) electrons. The van der Waals surface area contributed by atoms with Gasteiger partial charge < -0.3 is 5.73 Å². The molecule has 0 spiro atoms. The van der Waals surface area contributed by atoms with Crippen molar-refractivity contribution in [3.05, 3.63) is 24.3 Å². The van der Waals surface area contributed by atoms with Gasteiger partial charge in [0.25, 0.3) is 0 Å². The monoisotopic (exact) mass is 360 g/mol. The fraction of sp³-hybridized carbons (Fsp3) is 0.600. The van der Waals surface area contributed by atoms with E-state index in [1.807, 2.05) is 6.92 Å². The zero-order valence-electron chi connectivity index (χ0n) is 13.5. The quantitative estimate of drug-likeness (QED) is 0.855. The highest BCUT2D eigenvalue weighted by molar-refractivity contribution is 7.91. The first-order valence-corrected chi connectivity index (χ1v) is 10.9. The standard InChI is InChI=1S/C15H24N2O4S2/c1-3-22(18,19)13-7-9-14(10-8-13)23(20,21)17-11-5-4-6-15(17)12(2)16/h7-10,12,15H,3-6,11,16H2,1-2H3/t12-,15+/m1/s1. The fourth-order valence-electron chi connectivity index (χ4n) is 2.88. The number of sulfone groups is 1. The second-order valence-corrected chi connectivity index (χ2v) is 10.1. The third-order valence-corrected chi connectivity index (χ3v) is 7.96. The number of hydrogen-bond donors (Lipinski definition) is 1. The Hall–Kier alpha value is -0.960. The van der Waals surface area contributed by atoms with Crippen molar-refractivity contribution in [2.75, 3.05) is 12.3 Å². The predicted molar refractivity (Wildman–Crippen MR) is 89.3 cm³/mol. The van der Waals surface area contributed by atoms with E-state index in [2.05, 4.69) is 0 Å². The molecule has 1 aromatic carbocycles. The molecule has 0 amide bonds. The molecule has 130 valence electrons. The van der Waals surface area contributed by atoms with Crippen LogP contribution in [0.25, 0.3) is 0 Å². The highest BCUT2D eigenvalue weighted by Crippen LogP contribution is 2.27. The molecule has 0 unspecified atom stereocenters. The molecule has 0 bridgehead atoms. The lowest BCUT2D eigenvalue weighted by Crippen LogP contribution is -2.51. The summed E-state index contributed by atoms with van der Waals surface area (Å²) in [6.07, 6.45) is 2.52. The summed E-state index contributed by atoms with van der Waals surface area (Å²) in [4.78, 5) is 0.251. The second kappa shape index (κ2) is 6.88. The molecule has 23 heavy (non-hydrogen) atoms. The number of nitrogens with zero attached hydrogens (tertiary/aromatic N) is 1. The normalized spacial score (nSPS) is 22.0. The average molecular weight is 361 g/mol. The maximum Gasteiger partial charge on any atom is 0.243 e. The molecule has 1 saturated heterocycles. The summed E-state index contributed by atoms with van der Waals surface area (Å²) in [5, 5.41) is 0. The van der Waals surface area contributed by atoms with Gasteiger partial charge in [0, 0.05) is 18.6 Å². The summed E-state index contributed by atoms with van der Waals surface area (Å²) in [7, 11) is -7.00. The highest BCUT2D eigenvalue weighted by Gasteiger charge is 2.35. The van der Waals surface area contributed by atoms with Crippen LogP contribution in [-0.4, -0.2) is 45.5 Å². The van der Waals surface area contributed by atoms with Crippen LogP contribution >= 0.6 is 0 Å². The van der Waals surface area contributed by atoms with E-state index in [-0.39, 0.29) is 27.6 Å². The molecule has 8 heteroatoms. The Kier molecular flexibility index (Phi) is 5.50. The Morgan fingerprint density at radius 3 is 2.22 bits per heavy atom. The molecule has 6 nitrogen and oxygen atoms in total. The lowest BCUT2D eigenvalue weighted by Gasteiger charge is -2.36. The first-order chi connectivity index (χ1) is 10.7. The second-order valence-electron chi connectivity index (χ2n) is 5.91. The minimum Gasteiger partial charge on any atom is -0.326 e. The molecule has 1 aliphatic heterocycles. The van der Waals surface area contributed by atoms with Crippen LogP contribution in [0.15, 0.2) is 34.1 Å². The molecule has 2 atom stereocenters. The molecule has 1 aromatic rings. The van der Waals surface area contributed by atoms with Gasteiger partial charge in [-0.1, -0.05) is 13.3 Å². The molecule has 1 aliphatic rings. The van der Waals surface area contributed by atoms with Gasteiger partial charge in [0.05, 0.1) is 15.5 Å². The summed E-state index contributed by atoms with van der Waals surface area (Å²) in [5.41, 5.74) is 5.95. The first kappa shape index (κ1) is 18.4. The zero-order chi connectivity index (χ0) is 17.3. The highest BCUT2D eigenvalue weighted by atomic mass is 32.2. The van der Waals surface area contributed by atoms with E-state index < -0.39 is 19.9 Å². The first-order valence-electron chi connectivity index (χ1n) is 7.80. The lowest BCUT2D eigenvalue weighted by atomic mass is 10.00. The number of rotatable bonds is 5. The maximum absolute atomic E-state index is 12.9. The van der Waals surface area contributed by atoms with Gasteiger partial charge in [-0.25, -0.2) is 16.8 Å². The summed E-state index contributed by atoms with van der Waals surface area (Å²) in [6, 6.07) is 4.99. The summed E-state index contributed by atoms with van der Waals surface area (Å²) < 4.78 is 50.8. The van der Waals surface area contributed by atoms with Crippen molar-refractivity contribution in [1.82, 2.24) is 4.31 Å². The van der Waals surface area contributed by atoms with E-state index in [9.17, 15) is 16.8 Å². The Morgan fingerprint density at radius 2 is 1.70 bits per heavy atom. The number of nitrogens with two attached hydrogens (primary N) is 1. The van der Waals surface area contributed by atoms with Gasteiger partial charge in [0.15, 0.2) is 9.84 Å². The van der Waals surface area contributed by atoms with Crippen molar-refractivity contribution < 1.29 is 16.8 Å². The van der Waals surface area contributed by atoms with Gasteiger partial charge in [-0.2, -0.15) is 4.31 Å². The van der Waals surface area contributed by atoms with E-state index >= 15 is 0 Å². The Labute approximate surface area is 138 Å². The van der Waals surface area contributed by atoms with Crippen molar-refractivity contribution in [1.29, 1.82) is 0 Å². The van der Waals surface area contributed by atoms with Gasteiger partial charge in [-0.05, 0) is 44.0 Å². The summed E-state index contributed by atoms with van der Waals surface area (Å²) >= 11 is 0. The van der Waals surface area contributed by atoms with Crippen molar-refractivity contribution in [2.45, 2.75) is 55.0 Å². The number of sulfonamides is 1. The summed E-state index contributed by atoms with van der Waals surface area (Å²) in [5.74, 6) is -0.0159. The van der Waals surface area contributed by atoms with Crippen molar-refractivity contribution in [3.8, 4) is 0 Å². The topological polar surface area (TPSA) is 97.5 Å². The SMILES string of the molecule is CCS(=O)(=O)c1ccc(S(=O)(=O)N2CCCC[C@H]2[C@@H](C)N)cc1. The van der Waals surface area contributed by atoms with Crippen LogP contribution in [0, 0.1) is 0 Å². The van der Waals surface area contributed by atoms with Crippen molar-refractivity contribution in [3.63, 3.8) is 0 Å². The predicted octanol–water partition coefficient (Wildman–Crippen LogP) is 1.37.